The minimum absolute atomic E-state index is 0.255. The van der Waals surface area contributed by atoms with Crippen molar-refractivity contribution in [3.8, 4) is 0 Å². The highest BCUT2D eigenvalue weighted by Crippen LogP contribution is 2.15. The minimum Gasteiger partial charge on any atom is -0.340 e. The maximum absolute atomic E-state index is 11.9. The summed E-state index contributed by atoms with van der Waals surface area (Å²) in [5, 5.41) is 5.41. The standard InChI is InChI=1S/C14H14N6O/c1-9(13-18-10-4-2-3-5-11(10)19-13)17-14(21)20-12-8-15-6-7-16-12/h2-9H,1H3,(H,18,19)(H2,16,17,20,21). The first-order valence-corrected chi connectivity index (χ1v) is 6.50. The van der Waals surface area contributed by atoms with Gasteiger partial charge in [-0.1, -0.05) is 12.1 Å². The molecule has 7 nitrogen and oxygen atoms in total. The first-order valence-electron chi connectivity index (χ1n) is 6.50. The number of carbonyl (C=O) groups is 1. The average molecular weight is 282 g/mol. The molecule has 0 aliphatic rings. The molecule has 0 bridgehead atoms. The lowest BCUT2D eigenvalue weighted by atomic mass is 10.3. The molecule has 0 fully saturated rings. The van der Waals surface area contributed by atoms with E-state index in [1.807, 2.05) is 31.2 Å². The van der Waals surface area contributed by atoms with Crippen LogP contribution in [0.1, 0.15) is 18.8 Å². The molecular formula is C14H14N6O. The van der Waals surface area contributed by atoms with E-state index in [9.17, 15) is 4.79 Å². The molecule has 2 amide bonds. The molecule has 0 aliphatic heterocycles. The topological polar surface area (TPSA) is 95.6 Å². The zero-order chi connectivity index (χ0) is 14.7. The highest BCUT2D eigenvalue weighted by Gasteiger charge is 2.13. The van der Waals surface area contributed by atoms with Gasteiger partial charge in [0.25, 0.3) is 0 Å². The molecule has 1 aromatic carbocycles. The number of urea groups is 1. The van der Waals surface area contributed by atoms with Crippen molar-refractivity contribution in [2.45, 2.75) is 13.0 Å². The van der Waals surface area contributed by atoms with E-state index < -0.39 is 0 Å². The van der Waals surface area contributed by atoms with E-state index in [-0.39, 0.29) is 12.1 Å². The number of para-hydroxylation sites is 2. The molecule has 0 aliphatic carbocycles. The second-order valence-electron chi connectivity index (χ2n) is 4.55. The quantitative estimate of drug-likeness (QED) is 0.686. The molecule has 0 saturated heterocycles. The van der Waals surface area contributed by atoms with E-state index in [2.05, 4.69) is 30.6 Å². The van der Waals surface area contributed by atoms with Crippen molar-refractivity contribution in [2.75, 3.05) is 5.32 Å². The Balaban J connectivity index is 1.68. The molecule has 1 unspecified atom stereocenters. The molecule has 0 saturated carbocycles. The molecule has 3 aromatic rings. The summed E-state index contributed by atoms with van der Waals surface area (Å²) in [5.41, 5.74) is 1.81. The normalized spacial score (nSPS) is 12.0. The predicted molar refractivity (Wildman–Crippen MR) is 78.7 cm³/mol. The summed E-state index contributed by atoms with van der Waals surface area (Å²) in [4.78, 5) is 27.4. The largest absolute Gasteiger partial charge is 0.340 e. The number of rotatable bonds is 3. The molecular weight excluding hydrogens is 268 g/mol. The van der Waals surface area contributed by atoms with Crippen LogP contribution < -0.4 is 10.6 Å². The second-order valence-corrected chi connectivity index (χ2v) is 4.55. The van der Waals surface area contributed by atoms with Crippen molar-refractivity contribution in [1.29, 1.82) is 0 Å². The van der Waals surface area contributed by atoms with Gasteiger partial charge < -0.3 is 10.3 Å². The number of fused-ring (bicyclic) bond motifs is 1. The lowest BCUT2D eigenvalue weighted by Gasteiger charge is -2.11. The number of amides is 2. The second kappa shape index (κ2) is 5.58. The summed E-state index contributed by atoms with van der Waals surface area (Å²) < 4.78 is 0. The van der Waals surface area contributed by atoms with Crippen LogP contribution in [0.3, 0.4) is 0 Å². The van der Waals surface area contributed by atoms with E-state index in [4.69, 9.17) is 0 Å². The summed E-state index contributed by atoms with van der Waals surface area (Å²) in [6, 6.07) is 7.10. The Labute approximate surface area is 120 Å². The molecule has 2 aromatic heterocycles. The van der Waals surface area contributed by atoms with Crippen LogP contribution in [0.4, 0.5) is 10.6 Å². The Bertz CT molecular complexity index is 721. The van der Waals surface area contributed by atoms with Gasteiger partial charge >= 0.3 is 6.03 Å². The molecule has 21 heavy (non-hydrogen) atoms. The van der Waals surface area contributed by atoms with Gasteiger partial charge in [-0.05, 0) is 19.1 Å². The zero-order valence-electron chi connectivity index (χ0n) is 11.4. The molecule has 3 N–H and O–H groups in total. The first kappa shape index (κ1) is 13.0. The van der Waals surface area contributed by atoms with E-state index >= 15 is 0 Å². The number of nitrogens with one attached hydrogen (secondary N) is 3. The Morgan fingerprint density at radius 1 is 1.29 bits per heavy atom. The summed E-state index contributed by atoms with van der Waals surface area (Å²) in [5.74, 6) is 1.09. The van der Waals surface area contributed by atoms with Crippen LogP contribution in [0.25, 0.3) is 11.0 Å². The zero-order valence-corrected chi connectivity index (χ0v) is 11.4. The fourth-order valence-electron chi connectivity index (χ4n) is 1.96. The summed E-state index contributed by atoms with van der Waals surface area (Å²) in [6.07, 6.45) is 4.53. The van der Waals surface area contributed by atoms with Gasteiger partial charge in [-0.3, -0.25) is 10.3 Å². The van der Waals surface area contributed by atoms with Crippen LogP contribution >= 0.6 is 0 Å². The smallest absolute Gasteiger partial charge is 0.321 e. The third-order valence-corrected chi connectivity index (χ3v) is 2.97. The van der Waals surface area contributed by atoms with Crippen LogP contribution in [-0.2, 0) is 0 Å². The van der Waals surface area contributed by atoms with Gasteiger partial charge in [0.2, 0.25) is 0 Å². The van der Waals surface area contributed by atoms with E-state index in [0.29, 0.717) is 11.6 Å². The van der Waals surface area contributed by atoms with Gasteiger partial charge in [0.1, 0.15) is 5.82 Å². The number of anilines is 1. The molecule has 2 heterocycles. The molecule has 1 atom stereocenters. The number of benzene rings is 1. The molecule has 3 rings (SSSR count). The lowest BCUT2D eigenvalue weighted by Crippen LogP contribution is -2.32. The first-order chi connectivity index (χ1) is 10.2. The highest BCUT2D eigenvalue weighted by atomic mass is 16.2. The van der Waals surface area contributed by atoms with Gasteiger partial charge in [-0.2, -0.15) is 0 Å². The van der Waals surface area contributed by atoms with E-state index in [1.54, 1.807) is 6.20 Å². The summed E-state index contributed by atoms with van der Waals surface area (Å²) in [6.45, 7) is 1.86. The number of aromatic amines is 1. The van der Waals surface area contributed by atoms with E-state index in [1.165, 1.54) is 12.4 Å². The Hall–Kier alpha value is -2.96. The number of hydrogen-bond acceptors (Lipinski definition) is 4. The molecule has 0 radical (unpaired) electrons. The van der Waals surface area contributed by atoms with Crippen molar-refractivity contribution >= 4 is 22.9 Å². The summed E-state index contributed by atoms with van der Waals surface area (Å²) in [7, 11) is 0. The SMILES string of the molecule is CC(NC(=O)Nc1cnccn1)c1nc2ccccc2[nH]1. The van der Waals surface area contributed by atoms with Gasteiger partial charge in [0.05, 0.1) is 23.3 Å². The number of aromatic nitrogens is 4. The molecule has 106 valence electrons. The highest BCUT2D eigenvalue weighted by molar-refractivity contribution is 5.88. The van der Waals surface area contributed by atoms with E-state index in [0.717, 1.165) is 11.0 Å². The maximum Gasteiger partial charge on any atom is 0.321 e. The van der Waals surface area contributed by atoms with Crippen LogP contribution in [-0.4, -0.2) is 26.0 Å². The van der Waals surface area contributed by atoms with Crippen LogP contribution in [0.2, 0.25) is 0 Å². The number of nitrogens with zero attached hydrogens (tertiary/aromatic N) is 3. The number of imidazole rings is 1. The van der Waals surface area contributed by atoms with Gasteiger partial charge in [-0.15, -0.1) is 0 Å². The minimum atomic E-state index is -0.358. The van der Waals surface area contributed by atoms with Crippen molar-refractivity contribution < 1.29 is 4.79 Å². The molecule has 0 spiro atoms. The fourth-order valence-corrected chi connectivity index (χ4v) is 1.96. The number of carbonyl (C=O) groups excluding carboxylic acids is 1. The third kappa shape index (κ3) is 2.97. The van der Waals surface area contributed by atoms with Gasteiger partial charge in [0.15, 0.2) is 5.82 Å². The molecule has 7 heteroatoms. The van der Waals surface area contributed by atoms with Gasteiger partial charge in [-0.25, -0.2) is 14.8 Å². The Kier molecular flexibility index (Phi) is 3.46. The van der Waals surface area contributed by atoms with Crippen LogP contribution in [0.15, 0.2) is 42.9 Å². The Morgan fingerprint density at radius 3 is 2.90 bits per heavy atom. The monoisotopic (exact) mass is 282 g/mol. The number of hydrogen-bond donors (Lipinski definition) is 3. The Morgan fingerprint density at radius 2 is 2.14 bits per heavy atom. The maximum atomic E-state index is 11.9. The lowest BCUT2D eigenvalue weighted by molar-refractivity contribution is 0.249. The predicted octanol–water partition coefficient (Wildman–Crippen LogP) is 2.24. The van der Waals surface area contributed by atoms with Crippen molar-refractivity contribution in [3.63, 3.8) is 0 Å². The van der Waals surface area contributed by atoms with Gasteiger partial charge in [0, 0.05) is 12.4 Å². The van der Waals surface area contributed by atoms with Crippen molar-refractivity contribution in [3.05, 3.63) is 48.7 Å². The fraction of sp³-hybridized carbons (Fsp3) is 0.143. The third-order valence-electron chi connectivity index (χ3n) is 2.97. The van der Waals surface area contributed by atoms with Crippen molar-refractivity contribution in [1.82, 2.24) is 25.3 Å². The van der Waals surface area contributed by atoms with Crippen LogP contribution in [0.5, 0.6) is 0 Å². The number of H-pyrrole nitrogens is 1. The van der Waals surface area contributed by atoms with Crippen molar-refractivity contribution in [2.24, 2.45) is 0 Å². The van der Waals surface area contributed by atoms with Crippen LogP contribution in [0, 0.1) is 0 Å². The average Bonchev–Trinajstić information content (AvgIpc) is 2.92. The summed E-state index contributed by atoms with van der Waals surface area (Å²) >= 11 is 0.